The fourth-order valence-electron chi connectivity index (χ4n) is 3.05. The van der Waals surface area contributed by atoms with Crippen molar-refractivity contribution in [3.05, 3.63) is 102 Å². The van der Waals surface area contributed by atoms with Crippen molar-refractivity contribution >= 4 is 38.7 Å². The first kappa shape index (κ1) is 21.2. The van der Waals surface area contributed by atoms with Crippen LogP contribution in [0.25, 0.3) is 10.9 Å². The smallest absolute Gasteiger partial charge is 0.271 e. The van der Waals surface area contributed by atoms with Crippen molar-refractivity contribution in [2.24, 2.45) is 5.10 Å². The van der Waals surface area contributed by atoms with Crippen LogP contribution in [0.15, 0.2) is 94.9 Å². The number of hydrogen-bond acceptors (Lipinski definition) is 5. The number of nitrogens with one attached hydrogen (secondary N) is 2. The van der Waals surface area contributed by atoms with Crippen molar-refractivity contribution in [2.75, 3.05) is 4.72 Å². The molecule has 0 saturated carbocycles. The Hall–Kier alpha value is -4.04. The minimum atomic E-state index is -3.77. The van der Waals surface area contributed by atoms with Crippen LogP contribution in [0, 0.1) is 6.92 Å². The fraction of sp³-hybridized carbons (Fsp3) is 0.0417. The molecule has 2 N–H and O–H groups in total. The number of rotatable bonds is 6. The van der Waals surface area contributed by atoms with Crippen LogP contribution < -0.4 is 10.1 Å². The predicted molar refractivity (Wildman–Crippen MR) is 125 cm³/mol. The summed E-state index contributed by atoms with van der Waals surface area (Å²) in [5.41, 5.74) is 5.21. The minimum absolute atomic E-state index is 0.168. The number of fused-ring (bicyclic) bond motifs is 1. The second kappa shape index (κ2) is 8.99. The number of hydrogen-bond donors (Lipinski definition) is 2. The zero-order valence-corrected chi connectivity index (χ0v) is 18.0. The van der Waals surface area contributed by atoms with Gasteiger partial charge in [0.2, 0.25) is 0 Å². The van der Waals surface area contributed by atoms with Crippen LogP contribution in [0.4, 0.5) is 5.69 Å². The van der Waals surface area contributed by atoms with Crippen LogP contribution in [0.2, 0.25) is 0 Å². The largest absolute Gasteiger partial charge is 0.277 e. The Morgan fingerprint density at radius 1 is 0.906 bits per heavy atom. The maximum absolute atomic E-state index is 12.8. The molecule has 3 aromatic carbocycles. The number of benzene rings is 3. The van der Waals surface area contributed by atoms with E-state index in [1.54, 1.807) is 66.7 Å². The van der Waals surface area contributed by atoms with Gasteiger partial charge in [-0.1, -0.05) is 54.1 Å². The van der Waals surface area contributed by atoms with Crippen LogP contribution in [0.5, 0.6) is 0 Å². The van der Waals surface area contributed by atoms with Gasteiger partial charge in [0, 0.05) is 10.9 Å². The zero-order chi connectivity index (χ0) is 22.6. The van der Waals surface area contributed by atoms with Gasteiger partial charge in [0.25, 0.3) is 15.9 Å². The molecule has 0 saturated heterocycles. The molecule has 32 heavy (non-hydrogen) atoms. The Morgan fingerprint density at radius 2 is 1.66 bits per heavy atom. The van der Waals surface area contributed by atoms with Crippen molar-refractivity contribution < 1.29 is 13.2 Å². The van der Waals surface area contributed by atoms with Crippen molar-refractivity contribution in [1.82, 2.24) is 10.4 Å². The highest BCUT2D eigenvalue weighted by atomic mass is 32.2. The summed E-state index contributed by atoms with van der Waals surface area (Å²) in [6.45, 7) is 1.89. The topological polar surface area (TPSA) is 101 Å². The predicted octanol–water partition coefficient (Wildman–Crippen LogP) is 4.11. The number of amides is 1. The van der Waals surface area contributed by atoms with Crippen LogP contribution in [-0.4, -0.2) is 25.5 Å². The summed E-state index contributed by atoms with van der Waals surface area (Å²) in [6.07, 6.45) is 1.41. The number of pyridine rings is 1. The van der Waals surface area contributed by atoms with Gasteiger partial charge in [-0.05, 0) is 43.3 Å². The molecule has 1 amide bonds. The molecule has 0 atom stereocenters. The second-order valence-electron chi connectivity index (χ2n) is 7.10. The van der Waals surface area contributed by atoms with E-state index in [2.05, 4.69) is 20.2 Å². The van der Waals surface area contributed by atoms with E-state index >= 15 is 0 Å². The third-order valence-corrected chi connectivity index (χ3v) is 6.10. The van der Waals surface area contributed by atoms with E-state index in [0.717, 1.165) is 10.9 Å². The Bertz CT molecular complexity index is 1400. The number of aryl methyl sites for hydroxylation is 1. The number of anilines is 1. The average Bonchev–Trinajstić information content (AvgIpc) is 2.80. The van der Waals surface area contributed by atoms with E-state index in [4.69, 9.17) is 0 Å². The van der Waals surface area contributed by atoms with E-state index in [9.17, 15) is 13.2 Å². The lowest BCUT2D eigenvalue weighted by molar-refractivity contribution is 0.0955. The van der Waals surface area contributed by atoms with Crippen molar-refractivity contribution in [3.63, 3.8) is 0 Å². The Balaban J connectivity index is 1.58. The average molecular weight is 445 g/mol. The third-order valence-electron chi connectivity index (χ3n) is 4.72. The molecule has 8 heteroatoms. The fourth-order valence-corrected chi connectivity index (χ4v) is 4.12. The number of sulfonamides is 1. The summed E-state index contributed by atoms with van der Waals surface area (Å²) in [5, 5.41) is 4.72. The highest BCUT2D eigenvalue weighted by Crippen LogP contribution is 2.24. The van der Waals surface area contributed by atoms with Gasteiger partial charge in [-0.3, -0.25) is 9.52 Å². The van der Waals surface area contributed by atoms with Crippen molar-refractivity contribution in [1.29, 1.82) is 0 Å². The molecule has 1 heterocycles. The van der Waals surface area contributed by atoms with Crippen LogP contribution in [0.3, 0.4) is 0 Å². The molecule has 0 aliphatic carbocycles. The van der Waals surface area contributed by atoms with Gasteiger partial charge in [0.05, 0.1) is 28.0 Å². The van der Waals surface area contributed by atoms with Gasteiger partial charge in [-0.25, -0.2) is 18.8 Å². The summed E-state index contributed by atoms with van der Waals surface area (Å²) < 4.78 is 28.2. The highest BCUT2D eigenvalue weighted by molar-refractivity contribution is 7.92. The molecule has 7 nitrogen and oxygen atoms in total. The number of carbonyl (C=O) groups is 1. The number of hydrazone groups is 1. The highest BCUT2D eigenvalue weighted by Gasteiger charge is 2.16. The van der Waals surface area contributed by atoms with Gasteiger partial charge in [-0.2, -0.15) is 5.10 Å². The SMILES string of the molecule is Cc1ccc(S(=O)(=O)Nc2cccc3ccc(/C=N/NC(=O)c4ccccc4)nc23)cc1. The van der Waals surface area contributed by atoms with E-state index in [0.29, 0.717) is 22.5 Å². The molecule has 0 aliphatic rings. The molecular formula is C24H20N4O3S. The normalized spacial score (nSPS) is 11.5. The summed E-state index contributed by atoms with van der Waals surface area (Å²) in [4.78, 5) is 16.8. The lowest BCUT2D eigenvalue weighted by Gasteiger charge is -2.11. The van der Waals surface area contributed by atoms with Crippen molar-refractivity contribution in [2.45, 2.75) is 11.8 Å². The van der Waals surface area contributed by atoms with E-state index in [-0.39, 0.29) is 10.8 Å². The first-order chi connectivity index (χ1) is 15.4. The molecule has 4 rings (SSSR count). The molecule has 4 aromatic rings. The van der Waals surface area contributed by atoms with Crippen molar-refractivity contribution in [3.8, 4) is 0 Å². The second-order valence-corrected chi connectivity index (χ2v) is 8.78. The molecular weight excluding hydrogens is 424 g/mol. The maximum Gasteiger partial charge on any atom is 0.271 e. The summed E-state index contributed by atoms with van der Waals surface area (Å²) in [5.74, 6) is -0.339. The van der Waals surface area contributed by atoms with Gasteiger partial charge in [0.1, 0.15) is 0 Å². The molecule has 0 fully saturated rings. The molecule has 0 bridgehead atoms. The van der Waals surface area contributed by atoms with Gasteiger partial charge >= 0.3 is 0 Å². The van der Waals surface area contributed by atoms with Gasteiger partial charge in [-0.15, -0.1) is 0 Å². The molecule has 0 radical (unpaired) electrons. The van der Waals surface area contributed by atoms with Crippen LogP contribution in [-0.2, 0) is 10.0 Å². The first-order valence-electron chi connectivity index (χ1n) is 9.80. The molecule has 0 aliphatic heterocycles. The monoisotopic (exact) mass is 444 g/mol. The zero-order valence-electron chi connectivity index (χ0n) is 17.2. The minimum Gasteiger partial charge on any atom is -0.277 e. The summed E-state index contributed by atoms with van der Waals surface area (Å²) >= 11 is 0. The lowest BCUT2D eigenvalue weighted by atomic mass is 10.2. The van der Waals surface area contributed by atoms with Gasteiger partial charge in [0.15, 0.2) is 0 Å². The van der Waals surface area contributed by atoms with Crippen LogP contribution in [0.1, 0.15) is 21.6 Å². The quantitative estimate of drug-likeness (QED) is 0.345. The lowest BCUT2D eigenvalue weighted by Crippen LogP contribution is -2.17. The Labute approximate surface area is 185 Å². The summed E-state index contributed by atoms with van der Waals surface area (Å²) in [7, 11) is -3.77. The number of carbonyl (C=O) groups excluding carboxylic acids is 1. The standard InChI is InChI=1S/C24H20N4O3S/c1-17-10-14-21(15-11-17)32(30,31)28-22-9-5-8-18-12-13-20(26-23(18)22)16-25-27-24(29)19-6-3-2-4-7-19/h2-16,28H,1H3,(H,27,29)/b25-16+. The Kier molecular flexibility index (Phi) is 5.96. The van der Waals surface area contributed by atoms with E-state index in [1.165, 1.54) is 6.21 Å². The van der Waals surface area contributed by atoms with E-state index < -0.39 is 10.0 Å². The Morgan fingerprint density at radius 3 is 2.41 bits per heavy atom. The molecule has 160 valence electrons. The summed E-state index contributed by atoms with van der Waals surface area (Å²) in [6, 6.07) is 24.1. The maximum atomic E-state index is 12.8. The first-order valence-corrected chi connectivity index (χ1v) is 11.3. The molecule has 0 unspecified atom stereocenters. The number of aromatic nitrogens is 1. The number of nitrogens with zero attached hydrogens (tertiary/aromatic N) is 2. The molecule has 0 spiro atoms. The van der Waals surface area contributed by atoms with E-state index in [1.807, 2.05) is 25.1 Å². The third kappa shape index (κ3) is 4.81. The van der Waals surface area contributed by atoms with Gasteiger partial charge < -0.3 is 0 Å². The molecule has 1 aromatic heterocycles. The van der Waals surface area contributed by atoms with Crippen LogP contribution >= 0.6 is 0 Å². The number of para-hydroxylation sites is 1.